The molecule has 2 amide bonds. The molecule has 0 bridgehead atoms. The van der Waals surface area contributed by atoms with E-state index in [1.807, 2.05) is 0 Å². The number of halogens is 1. The molecule has 5 nitrogen and oxygen atoms in total. The molecule has 94 valence electrons. The Morgan fingerprint density at radius 3 is 2.22 bits per heavy atom. The number of rotatable bonds is 4. The Labute approximate surface area is 108 Å². The monoisotopic (exact) mass is 267 g/mol. The van der Waals surface area contributed by atoms with Gasteiger partial charge in [0.25, 0.3) is 11.8 Å². The highest BCUT2D eigenvalue weighted by Crippen LogP contribution is 2.21. The second-order valence-corrected chi connectivity index (χ2v) is 4.03. The van der Waals surface area contributed by atoms with Crippen molar-refractivity contribution >= 4 is 29.4 Å². The van der Waals surface area contributed by atoms with Crippen molar-refractivity contribution in [1.82, 2.24) is 4.90 Å². The molecule has 1 aromatic carbocycles. The number of amides is 2. The lowest BCUT2D eigenvalue weighted by Gasteiger charge is -2.12. The number of carbonyl (C=O) groups excluding carboxylic acids is 3. The Morgan fingerprint density at radius 1 is 1.17 bits per heavy atom. The summed E-state index contributed by atoms with van der Waals surface area (Å²) >= 11 is 5.37. The van der Waals surface area contributed by atoms with Gasteiger partial charge >= 0.3 is 5.97 Å². The molecule has 0 saturated carbocycles. The summed E-state index contributed by atoms with van der Waals surface area (Å²) in [5, 5.41) is 0. The summed E-state index contributed by atoms with van der Waals surface area (Å²) in [6.45, 7) is -0.327. The topological polar surface area (TPSA) is 63.7 Å². The van der Waals surface area contributed by atoms with E-state index in [1.54, 1.807) is 24.3 Å². The Morgan fingerprint density at radius 2 is 1.72 bits per heavy atom. The van der Waals surface area contributed by atoms with Crippen molar-refractivity contribution in [3.05, 3.63) is 35.4 Å². The lowest BCUT2D eigenvalue weighted by molar-refractivity contribution is -0.143. The summed E-state index contributed by atoms with van der Waals surface area (Å²) in [5.41, 5.74) is 0.625. The Kier molecular flexibility index (Phi) is 3.62. The maximum atomic E-state index is 11.9. The number of hydrogen-bond acceptors (Lipinski definition) is 4. The van der Waals surface area contributed by atoms with Crippen molar-refractivity contribution < 1.29 is 19.1 Å². The molecule has 1 aliphatic heterocycles. The minimum Gasteiger partial charge on any atom is -0.463 e. The fraction of sp³-hybridized carbons (Fsp3) is 0.250. The van der Waals surface area contributed by atoms with Crippen LogP contribution in [0.4, 0.5) is 0 Å². The van der Waals surface area contributed by atoms with Gasteiger partial charge in [0.1, 0.15) is 13.2 Å². The third kappa shape index (κ3) is 2.22. The first-order valence-corrected chi connectivity index (χ1v) is 5.85. The van der Waals surface area contributed by atoms with Gasteiger partial charge in [0.2, 0.25) is 0 Å². The maximum Gasteiger partial charge on any atom is 0.326 e. The molecule has 0 saturated heterocycles. The molecule has 0 unspecified atom stereocenters. The van der Waals surface area contributed by atoms with Crippen LogP contribution in [0.15, 0.2) is 24.3 Å². The molecule has 18 heavy (non-hydrogen) atoms. The average molecular weight is 268 g/mol. The van der Waals surface area contributed by atoms with Crippen molar-refractivity contribution in [2.45, 2.75) is 0 Å². The van der Waals surface area contributed by atoms with Crippen LogP contribution in [-0.2, 0) is 9.53 Å². The fourth-order valence-electron chi connectivity index (χ4n) is 1.71. The van der Waals surface area contributed by atoms with Crippen molar-refractivity contribution in [3.63, 3.8) is 0 Å². The summed E-state index contributed by atoms with van der Waals surface area (Å²) in [6.07, 6.45) is 0. The molecule has 6 heteroatoms. The number of fused-ring (bicyclic) bond motifs is 1. The minimum atomic E-state index is -0.648. The van der Waals surface area contributed by atoms with E-state index >= 15 is 0 Å². The highest BCUT2D eigenvalue weighted by atomic mass is 35.5. The molecule has 2 rings (SSSR count). The molecule has 1 heterocycles. The van der Waals surface area contributed by atoms with Crippen molar-refractivity contribution in [3.8, 4) is 0 Å². The van der Waals surface area contributed by atoms with Crippen molar-refractivity contribution in [2.75, 3.05) is 19.0 Å². The van der Waals surface area contributed by atoms with E-state index in [0.717, 1.165) is 4.90 Å². The molecule has 0 N–H and O–H groups in total. The predicted molar refractivity (Wildman–Crippen MR) is 63.5 cm³/mol. The van der Waals surface area contributed by atoms with E-state index < -0.39 is 17.8 Å². The molecule has 0 atom stereocenters. The number of carbonyl (C=O) groups is 3. The number of ether oxygens (including phenoxy) is 1. The lowest BCUT2D eigenvalue weighted by atomic mass is 10.1. The summed E-state index contributed by atoms with van der Waals surface area (Å²) < 4.78 is 4.73. The highest BCUT2D eigenvalue weighted by molar-refractivity contribution is 6.22. The molecular formula is C12H10ClNO4. The number of benzene rings is 1. The van der Waals surface area contributed by atoms with Crippen LogP contribution in [0.5, 0.6) is 0 Å². The molecule has 0 fully saturated rings. The fourth-order valence-corrected chi connectivity index (χ4v) is 1.79. The van der Waals surface area contributed by atoms with E-state index in [1.165, 1.54) is 0 Å². The third-order valence-electron chi connectivity index (χ3n) is 2.51. The summed E-state index contributed by atoms with van der Waals surface area (Å²) in [6, 6.07) is 6.44. The first-order chi connectivity index (χ1) is 8.65. The summed E-state index contributed by atoms with van der Waals surface area (Å²) in [5.74, 6) is -1.42. The van der Waals surface area contributed by atoms with E-state index in [9.17, 15) is 14.4 Å². The third-order valence-corrected chi connectivity index (χ3v) is 2.66. The first kappa shape index (κ1) is 12.6. The number of imide groups is 1. The smallest absolute Gasteiger partial charge is 0.326 e. The predicted octanol–water partition coefficient (Wildman–Crippen LogP) is 1.06. The van der Waals surface area contributed by atoms with Crippen LogP contribution in [-0.4, -0.2) is 41.7 Å². The van der Waals surface area contributed by atoms with Gasteiger partial charge in [0.15, 0.2) is 0 Å². The van der Waals surface area contributed by atoms with E-state index in [-0.39, 0.29) is 19.0 Å². The van der Waals surface area contributed by atoms with Crippen molar-refractivity contribution in [2.24, 2.45) is 0 Å². The quantitative estimate of drug-likeness (QED) is 0.465. The van der Waals surface area contributed by atoms with Crippen LogP contribution in [0.1, 0.15) is 20.7 Å². The zero-order valence-corrected chi connectivity index (χ0v) is 10.1. The van der Waals surface area contributed by atoms with Gasteiger partial charge < -0.3 is 4.74 Å². The van der Waals surface area contributed by atoms with Gasteiger partial charge in [-0.1, -0.05) is 12.1 Å². The number of alkyl halides is 1. The van der Waals surface area contributed by atoms with E-state index in [4.69, 9.17) is 16.3 Å². The van der Waals surface area contributed by atoms with Gasteiger partial charge in [0, 0.05) is 0 Å². The molecule has 1 aliphatic rings. The van der Waals surface area contributed by atoms with Crippen LogP contribution in [0, 0.1) is 0 Å². The van der Waals surface area contributed by atoms with Crippen LogP contribution in [0.3, 0.4) is 0 Å². The second kappa shape index (κ2) is 5.18. The zero-order valence-electron chi connectivity index (χ0n) is 9.39. The van der Waals surface area contributed by atoms with Crippen molar-refractivity contribution in [1.29, 1.82) is 0 Å². The first-order valence-electron chi connectivity index (χ1n) is 5.32. The maximum absolute atomic E-state index is 11.9. The molecule has 1 aromatic rings. The highest BCUT2D eigenvalue weighted by Gasteiger charge is 2.36. The molecule has 0 spiro atoms. The Balaban J connectivity index is 2.11. The summed E-state index contributed by atoms with van der Waals surface area (Å²) in [4.78, 5) is 36.0. The Hall–Kier alpha value is -1.88. The van der Waals surface area contributed by atoms with Gasteiger partial charge in [0.05, 0.1) is 17.0 Å². The van der Waals surface area contributed by atoms with E-state index in [0.29, 0.717) is 11.1 Å². The molecule has 0 aliphatic carbocycles. The van der Waals surface area contributed by atoms with Crippen LogP contribution in [0.25, 0.3) is 0 Å². The molecule has 0 aromatic heterocycles. The average Bonchev–Trinajstić information content (AvgIpc) is 2.62. The number of hydrogen-bond donors (Lipinski definition) is 0. The van der Waals surface area contributed by atoms with Gasteiger partial charge in [-0.15, -0.1) is 11.6 Å². The zero-order chi connectivity index (χ0) is 13.1. The normalized spacial score (nSPS) is 13.7. The largest absolute Gasteiger partial charge is 0.463 e. The standard InChI is InChI=1S/C12H10ClNO4/c13-5-6-18-10(15)7-14-11(16)8-3-1-2-4-9(8)12(14)17/h1-4H,5-7H2. The van der Waals surface area contributed by atoms with E-state index in [2.05, 4.69) is 0 Å². The second-order valence-electron chi connectivity index (χ2n) is 3.65. The van der Waals surface area contributed by atoms with Crippen LogP contribution in [0.2, 0.25) is 0 Å². The van der Waals surface area contributed by atoms with Gasteiger partial charge in [-0.25, -0.2) is 0 Å². The molecule has 0 radical (unpaired) electrons. The van der Waals surface area contributed by atoms with Crippen LogP contribution >= 0.6 is 11.6 Å². The molecular weight excluding hydrogens is 258 g/mol. The minimum absolute atomic E-state index is 0.0591. The SMILES string of the molecule is O=C(CN1C(=O)c2ccccc2C1=O)OCCCl. The Bertz CT molecular complexity index is 480. The number of esters is 1. The van der Waals surface area contributed by atoms with Crippen LogP contribution < -0.4 is 0 Å². The summed E-state index contributed by atoms with van der Waals surface area (Å²) in [7, 11) is 0. The van der Waals surface area contributed by atoms with Gasteiger partial charge in [-0.2, -0.15) is 0 Å². The number of nitrogens with zero attached hydrogens (tertiary/aromatic N) is 1. The van der Waals surface area contributed by atoms with Gasteiger partial charge in [-0.05, 0) is 12.1 Å². The van der Waals surface area contributed by atoms with Gasteiger partial charge in [-0.3, -0.25) is 19.3 Å². The lowest BCUT2D eigenvalue weighted by Crippen LogP contribution is -2.35.